The first-order chi connectivity index (χ1) is 8.50. The van der Waals surface area contributed by atoms with Gasteiger partial charge in [-0.2, -0.15) is 0 Å². The number of halogens is 1. The summed E-state index contributed by atoms with van der Waals surface area (Å²) >= 11 is 0.956. The Labute approximate surface area is 108 Å². The van der Waals surface area contributed by atoms with E-state index in [2.05, 4.69) is 5.32 Å². The van der Waals surface area contributed by atoms with Crippen LogP contribution in [0.2, 0.25) is 0 Å². The van der Waals surface area contributed by atoms with Crippen molar-refractivity contribution in [1.29, 1.82) is 0 Å². The Bertz CT molecular complexity index is 555. The van der Waals surface area contributed by atoms with E-state index in [0.717, 1.165) is 11.8 Å². The number of benzene rings is 1. The number of carbonyl (C=O) groups excluding carboxylic acids is 2. The van der Waals surface area contributed by atoms with Crippen molar-refractivity contribution in [2.45, 2.75) is 4.90 Å². The van der Waals surface area contributed by atoms with Gasteiger partial charge in [0.15, 0.2) is 0 Å². The summed E-state index contributed by atoms with van der Waals surface area (Å²) in [6.07, 6.45) is 0. The predicted octanol–water partition coefficient (Wildman–Crippen LogP) is 1.35. The van der Waals surface area contributed by atoms with Crippen molar-refractivity contribution >= 4 is 23.6 Å². The number of rotatable bonds is 3. The van der Waals surface area contributed by atoms with Crippen molar-refractivity contribution in [1.82, 2.24) is 10.2 Å². The highest BCUT2D eigenvalue weighted by atomic mass is 32.2. The number of nitrogens with zero attached hydrogens (tertiary/aromatic N) is 1. The molecule has 1 aromatic carbocycles. The van der Waals surface area contributed by atoms with E-state index >= 15 is 0 Å². The number of amides is 2. The highest BCUT2D eigenvalue weighted by Crippen LogP contribution is 2.33. The molecule has 0 saturated heterocycles. The standard InChI is InChI=1S/C12H11FN2O2S/c1-15(2)9-10(12(17)14-11(9)16)18-8-6-4-3-5-7(8)13/h3-6H,1-2H3,(H,14,16,17). The number of imide groups is 1. The molecule has 0 aromatic heterocycles. The summed E-state index contributed by atoms with van der Waals surface area (Å²) in [7, 11) is 3.32. The number of nitrogens with one attached hydrogen (secondary N) is 1. The van der Waals surface area contributed by atoms with Gasteiger partial charge in [-0.05, 0) is 12.1 Å². The van der Waals surface area contributed by atoms with Gasteiger partial charge in [0.2, 0.25) is 0 Å². The number of likely N-dealkylation sites (N-methyl/N-ethyl adjacent to an activating group) is 1. The van der Waals surface area contributed by atoms with Crippen LogP contribution in [0, 0.1) is 5.82 Å². The Hall–Kier alpha value is -1.82. The highest BCUT2D eigenvalue weighted by Gasteiger charge is 2.32. The third-order valence-electron chi connectivity index (χ3n) is 2.36. The Morgan fingerprint density at radius 1 is 1.17 bits per heavy atom. The molecule has 0 bridgehead atoms. The fraction of sp³-hybridized carbons (Fsp3) is 0.167. The van der Waals surface area contributed by atoms with Crippen molar-refractivity contribution in [2.75, 3.05) is 14.1 Å². The van der Waals surface area contributed by atoms with Crippen LogP contribution in [0.15, 0.2) is 39.8 Å². The van der Waals surface area contributed by atoms with Crippen LogP contribution < -0.4 is 5.32 Å². The summed E-state index contributed by atoms with van der Waals surface area (Å²) in [6.45, 7) is 0. The summed E-state index contributed by atoms with van der Waals surface area (Å²) < 4.78 is 13.5. The van der Waals surface area contributed by atoms with E-state index < -0.39 is 17.6 Å². The average Bonchev–Trinajstić information content (AvgIpc) is 2.57. The fourth-order valence-corrected chi connectivity index (χ4v) is 2.62. The minimum atomic E-state index is -0.489. The molecule has 2 rings (SSSR count). The molecule has 94 valence electrons. The molecule has 1 N–H and O–H groups in total. The molecule has 2 amide bonds. The summed E-state index contributed by atoms with van der Waals surface area (Å²) in [5, 5.41) is 2.20. The van der Waals surface area contributed by atoms with Crippen LogP contribution in [0.3, 0.4) is 0 Å². The van der Waals surface area contributed by atoms with Gasteiger partial charge >= 0.3 is 0 Å². The lowest BCUT2D eigenvalue weighted by molar-refractivity contribution is -0.124. The van der Waals surface area contributed by atoms with E-state index in [-0.39, 0.29) is 10.6 Å². The molecule has 0 aliphatic carbocycles. The van der Waals surface area contributed by atoms with Crippen LogP contribution in [0.5, 0.6) is 0 Å². The summed E-state index contributed by atoms with van der Waals surface area (Å²) in [5.74, 6) is -1.36. The number of carbonyl (C=O) groups is 2. The Kier molecular flexibility index (Phi) is 3.38. The van der Waals surface area contributed by atoms with Crippen molar-refractivity contribution < 1.29 is 14.0 Å². The molecule has 18 heavy (non-hydrogen) atoms. The highest BCUT2D eigenvalue weighted by molar-refractivity contribution is 8.04. The molecular formula is C12H11FN2O2S. The summed E-state index contributed by atoms with van der Waals surface area (Å²) in [6, 6.07) is 6.12. The van der Waals surface area contributed by atoms with Gasteiger partial charge in [0, 0.05) is 19.0 Å². The van der Waals surface area contributed by atoms with Crippen molar-refractivity contribution in [2.24, 2.45) is 0 Å². The monoisotopic (exact) mass is 266 g/mol. The largest absolute Gasteiger partial charge is 0.372 e. The van der Waals surface area contributed by atoms with Crippen LogP contribution in [-0.4, -0.2) is 30.8 Å². The molecular weight excluding hydrogens is 255 g/mol. The first-order valence-corrected chi connectivity index (χ1v) is 6.02. The Balaban J connectivity index is 2.40. The van der Waals surface area contributed by atoms with E-state index in [9.17, 15) is 14.0 Å². The zero-order chi connectivity index (χ0) is 13.3. The van der Waals surface area contributed by atoms with Gasteiger partial charge in [-0.1, -0.05) is 23.9 Å². The van der Waals surface area contributed by atoms with Crippen molar-refractivity contribution in [3.8, 4) is 0 Å². The maximum Gasteiger partial charge on any atom is 0.275 e. The lowest BCUT2D eigenvalue weighted by Gasteiger charge is -2.12. The number of thioether (sulfide) groups is 1. The maximum absolute atomic E-state index is 13.5. The van der Waals surface area contributed by atoms with Gasteiger partial charge in [0.05, 0.1) is 0 Å². The third-order valence-corrected chi connectivity index (χ3v) is 3.49. The molecule has 1 aliphatic heterocycles. The van der Waals surface area contributed by atoms with E-state index in [1.807, 2.05) is 0 Å². The zero-order valence-corrected chi connectivity index (χ0v) is 10.7. The second kappa shape index (κ2) is 4.81. The van der Waals surface area contributed by atoms with Crippen LogP contribution in [0.1, 0.15) is 0 Å². The molecule has 0 fully saturated rings. The van der Waals surface area contributed by atoms with Gasteiger partial charge in [-0.3, -0.25) is 14.9 Å². The van der Waals surface area contributed by atoms with Crippen molar-refractivity contribution in [3.05, 3.63) is 40.7 Å². The van der Waals surface area contributed by atoms with Gasteiger partial charge in [0.25, 0.3) is 11.8 Å². The molecule has 0 saturated carbocycles. The fourth-order valence-electron chi connectivity index (χ4n) is 1.57. The molecule has 0 unspecified atom stereocenters. The minimum Gasteiger partial charge on any atom is -0.372 e. The quantitative estimate of drug-likeness (QED) is 0.839. The predicted molar refractivity (Wildman–Crippen MR) is 66.1 cm³/mol. The van der Waals surface area contributed by atoms with Crippen LogP contribution in [-0.2, 0) is 9.59 Å². The molecule has 0 atom stereocenters. The average molecular weight is 266 g/mol. The van der Waals surface area contributed by atoms with Crippen molar-refractivity contribution in [3.63, 3.8) is 0 Å². The zero-order valence-electron chi connectivity index (χ0n) is 9.86. The second-order valence-electron chi connectivity index (χ2n) is 3.89. The lowest BCUT2D eigenvalue weighted by Crippen LogP contribution is -2.26. The topological polar surface area (TPSA) is 49.4 Å². The molecule has 1 aliphatic rings. The minimum absolute atomic E-state index is 0.218. The van der Waals surface area contributed by atoms with E-state index in [1.54, 1.807) is 37.2 Å². The third kappa shape index (κ3) is 2.24. The molecule has 1 aromatic rings. The molecule has 0 spiro atoms. The Morgan fingerprint density at radius 3 is 2.44 bits per heavy atom. The smallest absolute Gasteiger partial charge is 0.275 e. The Morgan fingerprint density at radius 2 is 1.83 bits per heavy atom. The normalized spacial score (nSPS) is 15.1. The van der Waals surface area contributed by atoms with Crippen LogP contribution in [0.4, 0.5) is 4.39 Å². The first-order valence-electron chi connectivity index (χ1n) is 5.20. The molecule has 4 nitrogen and oxygen atoms in total. The van der Waals surface area contributed by atoms with Gasteiger partial charge in [0.1, 0.15) is 16.4 Å². The first kappa shape index (κ1) is 12.6. The molecule has 0 radical (unpaired) electrons. The summed E-state index contributed by atoms with van der Waals surface area (Å²) in [5.41, 5.74) is 0.258. The summed E-state index contributed by atoms with van der Waals surface area (Å²) in [4.78, 5) is 25.3. The number of hydrogen-bond acceptors (Lipinski definition) is 4. The van der Waals surface area contributed by atoms with E-state index in [0.29, 0.717) is 4.90 Å². The molecule has 1 heterocycles. The SMILES string of the molecule is CN(C)C1=C(Sc2ccccc2F)C(=O)NC1=O. The van der Waals surface area contributed by atoms with E-state index in [1.165, 1.54) is 6.07 Å². The number of hydrogen-bond donors (Lipinski definition) is 1. The molecule has 6 heteroatoms. The van der Waals surface area contributed by atoms with Crippen LogP contribution >= 0.6 is 11.8 Å². The van der Waals surface area contributed by atoms with E-state index in [4.69, 9.17) is 0 Å². The van der Waals surface area contributed by atoms with Crippen LogP contribution in [0.25, 0.3) is 0 Å². The second-order valence-corrected chi connectivity index (χ2v) is 4.94. The van der Waals surface area contributed by atoms with Gasteiger partial charge in [-0.15, -0.1) is 0 Å². The van der Waals surface area contributed by atoms with Gasteiger partial charge < -0.3 is 4.90 Å². The lowest BCUT2D eigenvalue weighted by atomic mass is 10.3. The maximum atomic E-state index is 13.5. The van der Waals surface area contributed by atoms with Gasteiger partial charge in [-0.25, -0.2) is 4.39 Å².